The lowest BCUT2D eigenvalue weighted by Crippen LogP contribution is -2.07. The molecule has 1 N–H and O–H groups in total. The molecule has 0 saturated carbocycles. The van der Waals surface area contributed by atoms with Crippen LogP contribution in [0.5, 0.6) is 5.75 Å². The Morgan fingerprint density at radius 1 is 1.38 bits per heavy atom. The summed E-state index contributed by atoms with van der Waals surface area (Å²) in [6.45, 7) is -2.68. The molecule has 1 aromatic heterocycles. The number of alkyl halides is 2. The second-order valence-electron chi connectivity index (χ2n) is 4.29. The monoisotopic (exact) mass is 297 g/mol. The summed E-state index contributed by atoms with van der Waals surface area (Å²) in [6, 6.07) is 6.40. The molecule has 0 fully saturated rings. The molecule has 0 aliphatic heterocycles. The second kappa shape index (κ2) is 6.78. The highest BCUT2D eigenvalue weighted by molar-refractivity contribution is 5.66. The van der Waals surface area contributed by atoms with E-state index in [9.17, 15) is 13.6 Å². The van der Waals surface area contributed by atoms with Crippen molar-refractivity contribution < 1.29 is 23.4 Å². The maximum atomic E-state index is 12.3. The lowest BCUT2D eigenvalue weighted by atomic mass is 10.2. The van der Waals surface area contributed by atoms with Gasteiger partial charge < -0.3 is 9.84 Å². The van der Waals surface area contributed by atoms with Crippen LogP contribution in [0.3, 0.4) is 0 Å². The molecule has 1 aromatic carbocycles. The minimum absolute atomic E-state index is 0.0379. The zero-order valence-electron chi connectivity index (χ0n) is 10.9. The molecular weight excluding hydrogens is 284 g/mol. The maximum absolute atomic E-state index is 12.3. The summed E-state index contributed by atoms with van der Waals surface area (Å²) in [4.78, 5) is 10.5. The Balaban J connectivity index is 2.06. The van der Waals surface area contributed by atoms with E-state index < -0.39 is 12.6 Å². The van der Waals surface area contributed by atoms with Crippen molar-refractivity contribution in [3.63, 3.8) is 0 Å². The minimum atomic E-state index is -2.90. The zero-order chi connectivity index (χ0) is 15.2. The van der Waals surface area contributed by atoms with Gasteiger partial charge in [-0.15, -0.1) is 5.10 Å². The summed E-state index contributed by atoms with van der Waals surface area (Å²) in [5, 5.41) is 16.3. The molecule has 0 saturated heterocycles. The first-order valence-corrected chi connectivity index (χ1v) is 6.18. The van der Waals surface area contributed by atoms with Gasteiger partial charge in [-0.2, -0.15) is 8.78 Å². The van der Waals surface area contributed by atoms with Gasteiger partial charge in [0.2, 0.25) is 0 Å². The standard InChI is InChI=1S/C13H13F2N3O3/c14-13(15)21-11-4-2-1-3-9(11)7-18-8-10(16-17-18)5-6-12(19)20/h1-4,8,13H,5-7H2,(H,19,20). The number of aryl methyl sites for hydroxylation is 1. The van der Waals surface area contributed by atoms with Crippen molar-refractivity contribution in [1.82, 2.24) is 15.0 Å². The number of para-hydroxylation sites is 1. The summed E-state index contributed by atoms with van der Waals surface area (Å²) in [7, 11) is 0. The van der Waals surface area contributed by atoms with Gasteiger partial charge in [0, 0.05) is 18.2 Å². The summed E-state index contributed by atoms with van der Waals surface area (Å²) < 4.78 is 30.5. The van der Waals surface area contributed by atoms with Crippen molar-refractivity contribution in [1.29, 1.82) is 0 Å². The number of nitrogens with zero attached hydrogens (tertiary/aromatic N) is 3. The van der Waals surface area contributed by atoms with E-state index in [1.807, 2.05) is 0 Å². The summed E-state index contributed by atoms with van der Waals surface area (Å²) >= 11 is 0. The van der Waals surface area contributed by atoms with Crippen LogP contribution in [0, 0.1) is 0 Å². The van der Waals surface area contributed by atoms with Gasteiger partial charge in [0.05, 0.1) is 18.7 Å². The molecule has 8 heteroatoms. The molecule has 0 aliphatic rings. The van der Waals surface area contributed by atoms with E-state index in [0.29, 0.717) is 11.3 Å². The lowest BCUT2D eigenvalue weighted by Gasteiger charge is -2.09. The largest absolute Gasteiger partial charge is 0.481 e. The van der Waals surface area contributed by atoms with Crippen LogP contribution in [0.2, 0.25) is 0 Å². The van der Waals surface area contributed by atoms with Gasteiger partial charge >= 0.3 is 12.6 Å². The van der Waals surface area contributed by atoms with Crippen LogP contribution in [0.25, 0.3) is 0 Å². The Kier molecular flexibility index (Phi) is 4.81. The van der Waals surface area contributed by atoms with Gasteiger partial charge in [-0.25, -0.2) is 4.68 Å². The predicted molar refractivity (Wildman–Crippen MR) is 68.2 cm³/mol. The van der Waals surface area contributed by atoms with Gasteiger partial charge in [0.1, 0.15) is 5.75 Å². The van der Waals surface area contributed by atoms with E-state index in [-0.39, 0.29) is 25.1 Å². The Morgan fingerprint density at radius 3 is 2.86 bits per heavy atom. The number of carboxylic acids is 1. The van der Waals surface area contributed by atoms with Gasteiger partial charge in [-0.05, 0) is 6.07 Å². The molecule has 2 rings (SSSR count). The first-order chi connectivity index (χ1) is 10.0. The molecule has 112 valence electrons. The number of ether oxygens (including phenoxy) is 1. The van der Waals surface area contributed by atoms with Crippen molar-refractivity contribution in [3.05, 3.63) is 41.7 Å². The molecule has 0 aliphatic carbocycles. The predicted octanol–water partition coefficient (Wildman–Crippen LogP) is 1.94. The maximum Gasteiger partial charge on any atom is 0.387 e. The molecule has 21 heavy (non-hydrogen) atoms. The third-order valence-electron chi connectivity index (χ3n) is 2.70. The number of hydrogen-bond donors (Lipinski definition) is 1. The zero-order valence-corrected chi connectivity index (χ0v) is 10.9. The number of rotatable bonds is 7. The van der Waals surface area contributed by atoms with Crippen molar-refractivity contribution >= 4 is 5.97 Å². The van der Waals surface area contributed by atoms with Crippen LogP contribution in [-0.4, -0.2) is 32.7 Å². The summed E-state index contributed by atoms with van der Waals surface area (Å²) in [6.07, 6.45) is 1.82. The topological polar surface area (TPSA) is 77.2 Å². The van der Waals surface area contributed by atoms with Gasteiger partial charge in [-0.3, -0.25) is 4.79 Å². The van der Waals surface area contributed by atoms with E-state index in [1.165, 1.54) is 10.7 Å². The third kappa shape index (κ3) is 4.51. The number of aromatic nitrogens is 3. The normalized spacial score (nSPS) is 10.8. The van der Waals surface area contributed by atoms with Gasteiger partial charge in [-0.1, -0.05) is 23.4 Å². The SMILES string of the molecule is O=C(O)CCc1cn(Cc2ccccc2OC(F)F)nn1. The fourth-order valence-corrected chi connectivity index (χ4v) is 1.79. The number of carboxylic acid groups (broad SMARTS) is 1. The van der Waals surface area contributed by atoms with E-state index in [1.54, 1.807) is 24.4 Å². The highest BCUT2D eigenvalue weighted by Crippen LogP contribution is 2.21. The number of aliphatic carboxylic acids is 1. The number of hydrogen-bond acceptors (Lipinski definition) is 4. The quantitative estimate of drug-likeness (QED) is 0.845. The van der Waals surface area contributed by atoms with Crippen molar-refractivity contribution in [2.24, 2.45) is 0 Å². The molecule has 0 radical (unpaired) electrons. The Bertz CT molecular complexity index is 616. The molecule has 1 heterocycles. The van der Waals surface area contributed by atoms with E-state index in [4.69, 9.17) is 5.11 Å². The fourth-order valence-electron chi connectivity index (χ4n) is 1.79. The van der Waals surface area contributed by atoms with Crippen molar-refractivity contribution in [2.75, 3.05) is 0 Å². The highest BCUT2D eigenvalue weighted by atomic mass is 19.3. The van der Waals surface area contributed by atoms with Crippen LogP contribution >= 0.6 is 0 Å². The van der Waals surface area contributed by atoms with Crippen molar-refractivity contribution in [2.45, 2.75) is 26.0 Å². The summed E-state index contributed by atoms with van der Waals surface area (Å²) in [5.41, 5.74) is 1.07. The highest BCUT2D eigenvalue weighted by Gasteiger charge is 2.10. The third-order valence-corrected chi connectivity index (χ3v) is 2.70. The Hall–Kier alpha value is -2.51. The van der Waals surface area contributed by atoms with Crippen LogP contribution < -0.4 is 4.74 Å². The fraction of sp³-hybridized carbons (Fsp3) is 0.308. The van der Waals surface area contributed by atoms with Gasteiger partial charge in [0.15, 0.2) is 0 Å². The lowest BCUT2D eigenvalue weighted by molar-refractivity contribution is -0.136. The van der Waals surface area contributed by atoms with Crippen LogP contribution in [0.15, 0.2) is 30.5 Å². The minimum Gasteiger partial charge on any atom is -0.481 e. The van der Waals surface area contributed by atoms with Crippen LogP contribution in [-0.2, 0) is 17.8 Å². The smallest absolute Gasteiger partial charge is 0.387 e. The molecule has 0 spiro atoms. The first kappa shape index (κ1) is 14.9. The number of carbonyl (C=O) groups is 1. The molecular formula is C13H13F2N3O3. The number of benzene rings is 1. The van der Waals surface area contributed by atoms with Crippen LogP contribution in [0.1, 0.15) is 17.7 Å². The van der Waals surface area contributed by atoms with E-state index >= 15 is 0 Å². The molecule has 2 aromatic rings. The summed E-state index contributed by atoms with van der Waals surface area (Å²) in [5.74, 6) is -0.838. The average molecular weight is 297 g/mol. The average Bonchev–Trinajstić information content (AvgIpc) is 2.86. The van der Waals surface area contributed by atoms with E-state index in [0.717, 1.165) is 0 Å². The number of halogens is 2. The Labute approximate surface area is 119 Å². The van der Waals surface area contributed by atoms with Gasteiger partial charge in [0.25, 0.3) is 0 Å². The first-order valence-electron chi connectivity index (χ1n) is 6.18. The molecule has 0 unspecified atom stereocenters. The van der Waals surface area contributed by atoms with E-state index in [2.05, 4.69) is 15.0 Å². The molecule has 0 amide bonds. The molecule has 6 nitrogen and oxygen atoms in total. The van der Waals surface area contributed by atoms with Crippen LogP contribution in [0.4, 0.5) is 8.78 Å². The second-order valence-corrected chi connectivity index (χ2v) is 4.29. The van der Waals surface area contributed by atoms with Crippen molar-refractivity contribution in [3.8, 4) is 5.75 Å². The molecule has 0 atom stereocenters. The molecule has 0 bridgehead atoms. The Morgan fingerprint density at radius 2 is 2.14 bits per heavy atom.